The van der Waals surface area contributed by atoms with Crippen molar-refractivity contribution in [3.63, 3.8) is 0 Å². The highest BCUT2D eigenvalue weighted by Crippen LogP contribution is 2.27. The molecule has 0 fully saturated rings. The molecule has 3 nitrogen and oxygen atoms in total. The maximum absolute atomic E-state index is 11.1. The molecule has 0 atom stereocenters. The van der Waals surface area contributed by atoms with Crippen LogP contribution in [0.15, 0.2) is 23.1 Å². The van der Waals surface area contributed by atoms with Crippen LogP contribution in [0, 0.1) is 6.92 Å². The van der Waals surface area contributed by atoms with Crippen LogP contribution in [0.4, 0.5) is 0 Å². The van der Waals surface area contributed by atoms with E-state index in [4.69, 9.17) is 0 Å². The quantitative estimate of drug-likeness (QED) is 0.569. The monoisotopic (exact) mass is 184 g/mol. The van der Waals surface area contributed by atoms with Crippen molar-refractivity contribution < 1.29 is 12.6 Å². The fourth-order valence-corrected chi connectivity index (χ4v) is 2.35. The Morgan fingerprint density at radius 3 is 2.92 bits per heavy atom. The molecule has 1 aromatic carbocycles. The minimum Gasteiger partial charge on any atom is -0.261 e. The lowest BCUT2D eigenvalue weighted by atomic mass is 10.1. The Hall–Kier alpha value is -0.870. The average Bonchev–Trinajstić information content (AvgIpc) is 2.27. The van der Waals surface area contributed by atoms with Crippen LogP contribution in [0.25, 0.3) is 0 Å². The molecule has 0 unspecified atom stereocenters. The van der Waals surface area contributed by atoms with E-state index in [0.29, 0.717) is 4.90 Å². The summed E-state index contributed by atoms with van der Waals surface area (Å²) in [5.74, 6) is 0. The van der Waals surface area contributed by atoms with Crippen LogP contribution in [-0.2, 0) is 20.9 Å². The van der Waals surface area contributed by atoms with E-state index < -0.39 is 10.1 Å². The van der Waals surface area contributed by atoms with Gasteiger partial charge in [-0.2, -0.15) is 8.42 Å². The Bertz CT molecular complexity index is 420. The maximum atomic E-state index is 11.1. The molecule has 0 spiro atoms. The maximum Gasteiger partial charge on any atom is 0.297 e. The largest absolute Gasteiger partial charge is 0.297 e. The predicted octanol–water partition coefficient (Wildman–Crippen LogP) is 1.21. The molecule has 0 saturated heterocycles. The van der Waals surface area contributed by atoms with E-state index in [1.165, 1.54) is 0 Å². The third kappa shape index (κ3) is 1.04. The van der Waals surface area contributed by atoms with Gasteiger partial charge in [0, 0.05) is 5.56 Å². The number of benzene rings is 1. The Morgan fingerprint density at radius 1 is 1.42 bits per heavy atom. The standard InChI is InChI=1S/C8H8O3S/c1-6-2-3-8-7(4-6)5-11-12(8,9)10/h2-4H,5H2,1H3. The first-order valence-electron chi connectivity index (χ1n) is 3.58. The fraction of sp³-hybridized carbons (Fsp3) is 0.250. The van der Waals surface area contributed by atoms with Gasteiger partial charge in [0.2, 0.25) is 0 Å². The number of hydrogen-bond acceptors (Lipinski definition) is 3. The molecular weight excluding hydrogens is 176 g/mol. The van der Waals surface area contributed by atoms with Crippen LogP contribution < -0.4 is 0 Å². The van der Waals surface area contributed by atoms with Crippen molar-refractivity contribution in [1.82, 2.24) is 0 Å². The summed E-state index contributed by atoms with van der Waals surface area (Å²) in [6.07, 6.45) is 0. The Balaban J connectivity index is 2.71. The molecule has 0 bridgehead atoms. The molecule has 0 radical (unpaired) electrons. The Kier molecular flexibility index (Phi) is 1.49. The van der Waals surface area contributed by atoms with Crippen LogP contribution >= 0.6 is 0 Å². The van der Waals surface area contributed by atoms with Crippen LogP contribution in [0.3, 0.4) is 0 Å². The first kappa shape index (κ1) is 7.76. The summed E-state index contributed by atoms with van der Waals surface area (Å²) in [4.78, 5) is 0.313. The van der Waals surface area contributed by atoms with Crippen LogP contribution in [0.2, 0.25) is 0 Å². The topological polar surface area (TPSA) is 43.4 Å². The highest BCUT2D eigenvalue weighted by molar-refractivity contribution is 7.87. The molecule has 64 valence electrons. The summed E-state index contributed by atoms with van der Waals surface area (Å²) in [5.41, 5.74) is 1.81. The van der Waals surface area contributed by atoms with Gasteiger partial charge in [0.1, 0.15) is 0 Å². The van der Waals surface area contributed by atoms with Crippen molar-refractivity contribution in [2.45, 2.75) is 18.4 Å². The van der Waals surface area contributed by atoms with E-state index in [0.717, 1.165) is 11.1 Å². The smallest absolute Gasteiger partial charge is 0.261 e. The number of aryl methyl sites for hydroxylation is 1. The zero-order chi connectivity index (χ0) is 8.77. The summed E-state index contributed by atoms with van der Waals surface area (Å²) < 4.78 is 26.9. The lowest BCUT2D eigenvalue weighted by Gasteiger charge is -1.95. The molecule has 0 amide bonds. The van der Waals surface area contributed by atoms with E-state index in [9.17, 15) is 8.42 Å². The van der Waals surface area contributed by atoms with Gasteiger partial charge in [0.05, 0.1) is 11.5 Å². The van der Waals surface area contributed by atoms with Gasteiger partial charge in [0.15, 0.2) is 0 Å². The van der Waals surface area contributed by atoms with Crippen molar-refractivity contribution in [3.05, 3.63) is 29.3 Å². The van der Waals surface area contributed by atoms with Crippen LogP contribution in [0.5, 0.6) is 0 Å². The van der Waals surface area contributed by atoms with Gasteiger partial charge >= 0.3 is 0 Å². The van der Waals surface area contributed by atoms with E-state index >= 15 is 0 Å². The normalized spacial score (nSPS) is 19.1. The second kappa shape index (κ2) is 2.31. The average molecular weight is 184 g/mol. The van der Waals surface area contributed by atoms with Crippen molar-refractivity contribution in [2.24, 2.45) is 0 Å². The summed E-state index contributed by atoms with van der Waals surface area (Å²) in [6, 6.07) is 5.19. The molecule has 0 aromatic heterocycles. The van der Waals surface area contributed by atoms with Crippen molar-refractivity contribution >= 4 is 10.1 Å². The van der Waals surface area contributed by atoms with E-state index in [-0.39, 0.29) is 6.61 Å². The second-order valence-electron chi connectivity index (χ2n) is 2.83. The van der Waals surface area contributed by atoms with Crippen molar-refractivity contribution in [1.29, 1.82) is 0 Å². The molecule has 1 heterocycles. The highest BCUT2D eigenvalue weighted by Gasteiger charge is 2.26. The minimum atomic E-state index is -3.42. The van der Waals surface area contributed by atoms with Crippen LogP contribution in [-0.4, -0.2) is 8.42 Å². The van der Waals surface area contributed by atoms with Crippen molar-refractivity contribution in [3.8, 4) is 0 Å². The van der Waals surface area contributed by atoms with Crippen LogP contribution in [0.1, 0.15) is 11.1 Å². The predicted molar refractivity (Wildman–Crippen MR) is 43.2 cm³/mol. The van der Waals surface area contributed by atoms with Gasteiger partial charge in [-0.15, -0.1) is 0 Å². The summed E-state index contributed by atoms with van der Waals surface area (Å²) >= 11 is 0. The molecule has 1 aromatic rings. The molecule has 12 heavy (non-hydrogen) atoms. The summed E-state index contributed by atoms with van der Waals surface area (Å²) in [6.45, 7) is 2.10. The molecule has 1 aliphatic heterocycles. The SMILES string of the molecule is Cc1ccc2c(c1)COS2(=O)=O. The van der Waals surface area contributed by atoms with E-state index in [1.54, 1.807) is 12.1 Å². The summed E-state index contributed by atoms with van der Waals surface area (Å²) in [7, 11) is -3.42. The molecule has 0 N–H and O–H groups in total. The highest BCUT2D eigenvalue weighted by atomic mass is 32.2. The third-order valence-corrected chi connectivity index (χ3v) is 3.22. The minimum absolute atomic E-state index is 0.180. The lowest BCUT2D eigenvalue weighted by Crippen LogP contribution is -1.95. The molecule has 1 aliphatic rings. The Labute approximate surface area is 71.1 Å². The first-order valence-corrected chi connectivity index (χ1v) is 4.99. The second-order valence-corrected chi connectivity index (χ2v) is 4.41. The zero-order valence-electron chi connectivity index (χ0n) is 6.57. The first-order chi connectivity index (χ1) is 5.59. The van der Waals surface area contributed by atoms with Gasteiger partial charge in [-0.1, -0.05) is 17.7 Å². The van der Waals surface area contributed by atoms with Gasteiger partial charge in [0.25, 0.3) is 10.1 Å². The molecule has 2 rings (SSSR count). The fourth-order valence-electron chi connectivity index (χ4n) is 1.27. The number of hydrogen-bond donors (Lipinski definition) is 0. The number of rotatable bonds is 0. The van der Waals surface area contributed by atoms with Gasteiger partial charge in [-0.3, -0.25) is 4.18 Å². The lowest BCUT2D eigenvalue weighted by molar-refractivity contribution is 0.328. The van der Waals surface area contributed by atoms with E-state index in [2.05, 4.69) is 4.18 Å². The number of fused-ring (bicyclic) bond motifs is 1. The van der Waals surface area contributed by atoms with Crippen molar-refractivity contribution in [2.75, 3.05) is 0 Å². The van der Waals surface area contributed by atoms with Gasteiger partial charge in [-0.25, -0.2) is 0 Å². The van der Waals surface area contributed by atoms with E-state index in [1.807, 2.05) is 13.0 Å². The molecular formula is C8H8O3S. The molecule has 0 aliphatic carbocycles. The summed E-state index contributed by atoms with van der Waals surface area (Å²) in [5, 5.41) is 0. The molecule has 4 heteroatoms. The Morgan fingerprint density at radius 2 is 2.17 bits per heavy atom. The third-order valence-electron chi connectivity index (χ3n) is 1.85. The van der Waals surface area contributed by atoms with Gasteiger partial charge < -0.3 is 0 Å². The molecule has 0 saturated carbocycles. The van der Waals surface area contributed by atoms with Gasteiger partial charge in [-0.05, 0) is 13.0 Å². The zero-order valence-corrected chi connectivity index (χ0v) is 7.39.